The maximum atomic E-state index is 4.56. The first-order chi connectivity index (χ1) is 12.4. The van der Waals surface area contributed by atoms with E-state index in [4.69, 9.17) is 0 Å². The summed E-state index contributed by atoms with van der Waals surface area (Å²) in [5, 5.41) is 4.90. The van der Waals surface area contributed by atoms with Gasteiger partial charge in [0.05, 0.1) is 11.6 Å². The van der Waals surface area contributed by atoms with Gasteiger partial charge >= 0.3 is 0 Å². The number of hydrogen-bond donors (Lipinski definition) is 1. The van der Waals surface area contributed by atoms with Crippen LogP contribution in [0.4, 0.5) is 0 Å². The van der Waals surface area contributed by atoms with Crippen LogP contribution in [0.25, 0.3) is 10.9 Å². The van der Waals surface area contributed by atoms with Gasteiger partial charge in [-0.25, -0.2) is 0 Å². The molecule has 2 nitrogen and oxygen atoms in total. The van der Waals surface area contributed by atoms with Crippen LogP contribution in [-0.4, -0.2) is 4.98 Å². The third kappa shape index (κ3) is 3.44. The molecule has 2 heteroatoms. The van der Waals surface area contributed by atoms with E-state index in [2.05, 4.69) is 95.2 Å². The minimum Gasteiger partial charge on any atom is -0.302 e. The van der Waals surface area contributed by atoms with Crippen LogP contribution >= 0.6 is 0 Å². The van der Waals surface area contributed by atoms with Crippen LogP contribution < -0.4 is 5.32 Å². The predicted octanol–water partition coefficient (Wildman–Crippen LogP) is 5.11. The van der Waals surface area contributed by atoms with Gasteiger partial charge in [-0.15, -0.1) is 0 Å². The molecule has 0 saturated carbocycles. The minimum absolute atomic E-state index is 0.154. The molecule has 25 heavy (non-hydrogen) atoms. The molecular weight excluding hydrogens is 304 g/mol. The SMILES string of the molecule is c1ccc(C(NCc2cccc3cccnc23)c2ccccc2)cc1. The van der Waals surface area contributed by atoms with Gasteiger partial charge in [0.2, 0.25) is 0 Å². The molecule has 4 aromatic rings. The number of benzene rings is 3. The highest BCUT2D eigenvalue weighted by Crippen LogP contribution is 2.23. The van der Waals surface area contributed by atoms with Crippen molar-refractivity contribution in [3.63, 3.8) is 0 Å². The van der Waals surface area contributed by atoms with Crippen LogP contribution in [0.5, 0.6) is 0 Å². The highest BCUT2D eigenvalue weighted by atomic mass is 14.9. The van der Waals surface area contributed by atoms with E-state index in [0.717, 1.165) is 12.1 Å². The Balaban J connectivity index is 1.65. The summed E-state index contributed by atoms with van der Waals surface area (Å²) in [5.41, 5.74) is 4.82. The predicted molar refractivity (Wildman–Crippen MR) is 103 cm³/mol. The van der Waals surface area contributed by atoms with Crippen LogP contribution in [0.15, 0.2) is 97.2 Å². The standard InChI is InChI=1S/C23H20N2/c1-3-9-18(10-4-1)22(19-11-5-2-6-12-19)25-17-21-14-7-13-20-15-8-16-24-23(20)21/h1-16,22,25H,17H2. The smallest absolute Gasteiger partial charge is 0.0746 e. The Morgan fingerprint density at radius 1 is 0.680 bits per heavy atom. The van der Waals surface area contributed by atoms with E-state index in [-0.39, 0.29) is 6.04 Å². The zero-order valence-electron chi connectivity index (χ0n) is 14.0. The summed E-state index contributed by atoms with van der Waals surface area (Å²) >= 11 is 0. The van der Waals surface area contributed by atoms with E-state index in [1.165, 1.54) is 22.1 Å². The summed E-state index contributed by atoms with van der Waals surface area (Å²) < 4.78 is 0. The average Bonchev–Trinajstić information content (AvgIpc) is 2.70. The molecule has 122 valence electrons. The van der Waals surface area contributed by atoms with Gasteiger partial charge in [-0.3, -0.25) is 4.98 Å². The second kappa shape index (κ2) is 7.29. The highest BCUT2D eigenvalue weighted by Gasteiger charge is 2.13. The van der Waals surface area contributed by atoms with E-state index in [0.29, 0.717) is 0 Å². The average molecular weight is 324 g/mol. The lowest BCUT2D eigenvalue weighted by molar-refractivity contribution is 0.607. The van der Waals surface area contributed by atoms with Crippen molar-refractivity contribution in [1.82, 2.24) is 10.3 Å². The first-order valence-electron chi connectivity index (χ1n) is 8.58. The van der Waals surface area contributed by atoms with Crippen molar-refractivity contribution in [2.45, 2.75) is 12.6 Å². The molecule has 1 heterocycles. The zero-order valence-corrected chi connectivity index (χ0v) is 14.0. The van der Waals surface area contributed by atoms with E-state index >= 15 is 0 Å². The van der Waals surface area contributed by atoms with Crippen molar-refractivity contribution in [1.29, 1.82) is 0 Å². The summed E-state index contributed by atoms with van der Waals surface area (Å²) in [5.74, 6) is 0. The number of hydrogen-bond acceptors (Lipinski definition) is 2. The van der Waals surface area contributed by atoms with Gasteiger partial charge < -0.3 is 5.32 Å². The molecule has 0 aliphatic carbocycles. The van der Waals surface area contributed by atoms with Crippen LogP contribution in [0, 0.1) is 0 Å². The molecule has 0 aliphatic rings. The first-order valence-corrected chi connectivity index (χ1v) is 8.58. The summed E-state index contributed by atoms with van der Waals surface area (Å²) in [4.78, 5) is 4.56. The molecule has 0 bridgehead atoms. The topological polar surface area (TPSA) is 24.9 Å². The molecule has 3 aromatic carbocycles. The third-order valence-corrected chi connectivity index (χ3v) is 4.48. The molecule has 1 aromatic heterocycles. The summed E-state index contributed by atoms with van der Waals surface area (Å²) in [7, 11) is 0. The maximum Gasteiger partial charge on any atom is 0.0746 e. The highest BCUT2D eigenvalue weighted by molar-refractivity contribution is 5.81. The zero-order chi connectivity index (χ0) is 16.9. The van der Waals surface area contributed by atoms with E-state index in [9.17, 15) is 0 Å². The summed E-state index contributed by atoms with van der Waals surface area (Å²) in [6, 6.07) is 31.8. The van der Waals surface area contributed by atoms with Gasteiger partial charge in [0.1, 0.15) is 0 Å². The molecule has 0 saturated heterocycles. The van der Waals surface area contributed by atoms with E-state index in [1.54, 1.807) is 0 Å². The first kappa shape index (κ1) is 15.6. The fraction of sp³-hybridized carbons (Fsp3) is 0.0870. The van der Waals surface area contributed by atoms with E-state index in [1.807, 2.05) is 12.3 Å². The van der Waals surface area contributed by atoms with Crippen LogP contribution in [0.3, 0.4) is 0 Å². The molecule has 0 aliphatic heterocycles. The molecule has 1 N–H and O–H groups in total. The van der Waals surface area contributed by atoms with Crippen molar-refractivity contribution in [3.05, 3.63) is 114 Å². The van der Waals surface area contributed by atoms with Crippen LogP contribution in [0.1, 0.15) is 22.7 Å². The number of fused-ring (bicyclic) bond motifs is 1. The van der Waals surface area contributed by atoms with Gasteiger partial charge in [-0.1, -0.05) is 84.9 Å². The molecule has 0 fully saturated rings. The lowest BCUT2D eigenvalue weighted by atomic mass is 9.98. The number of aromatic nitrogens is 1. The molecular formula is C23H20N2. The van der Waals surface area contributed by atoms with Crippen LogP contribution in [0.2, 0.25) is 0 Å². The third-order valence-electron chi connectivity index (χ3n) is 4.48. The van der Waals surface area contributed by atoms with E-state index < -0.39 is 0 Å². The van der Waals surface area contributed by atoms with Gasteiger partial charge in [0, 0.05) is 18.1 Å². The number of nitrogens with zero attached hydrogens (tertiary/aromatic N) is 1. The maximum absolute atomic E-state index is 4.56. The summed E-state index contributed by atoms with van der Waals surface area (Å²) in [6.07, 6.45) is 1.86. The fourth-order valence-electron chi connectivity index (χ4n) is 3.24. The Morgan fingerprint density at radius 3 is 2.00 bits per heavy atom. The number of para-hydroxylation sites is 1. The Kier molecular flexibility index (Phi) is 4.53. The fourth-order valence-corrected chi connectivity index (χ4v) is 3.24. The molecule has 0 radical (unpaired) electrons. The largest absolute Gasteiger partial charge is 0.302 e. The van der Waals surface area contributed by atoms with Crippen molar-refractivity contribution >= 4 is 10.9 Å². The van der Waals surface area contributed by atoms with Crippen LogP contribution in [-0.2, 0) is 6.54 Å². The Morgan fingerprint density at radius 2 is 1.32 bits per heavy atom. The second-order valence-corrected chi connectivity index (χ2v) is 6.13. The number of pyridine rings is 1. The van der Waals surface area contributed by atoms with Gasteiger partial charge in [-0.05, 0) is 22.8 Å². The Hall–Kier alpha value is -2.97. The van der Waals surface area contributed by atoms with Crippen molar-refractivity contribution in [2.75, 3.05) is 0 Å². The molecule has 0 spiro atoms. The molecule has 4 rings (SSSR count). The summed E-state index contributed by atoms with van der Waals surface area (Å²) in [6.45, 7) is 0.767. The monoisotopic (exact) mass is 324 g/mol. The Labute approximate surface area is 148 Å². The van der Waals surface area contributed by atoms with Gasteiger partial charge in [-0.2, -0.15) is 0 Å². The van der Waals surface area contributed by atoms with Gasteiger partial charge in [0.15, 0.2) is 0 Å². The van der Waals surface area contributed by atoms with Crippen molar-refractivity contribution in [3.8, 4) is 0 Å². The van der Waals surface area contributed by atoms with Gasteiger partial charge in [0.25, 0.3) is 0 Å². The second-order valence-electron chi connectivity index (χ2n) is 6.13. The lowest BCUT2D eigenvalue weighted by Crippen LogP contribution is -2.22. The molecule has 0 unspecified atom stereocenters. The molecule has 0 amide bonds. The quantitative estimate of drug-likeness (QED) is 0.551. The van der Waals surface area contributed by atoms with Crippen molar-refractivity contribution < 1.29 is 0 Å². The normalized spacial score (nSPS) is 11.1. The molecule has 0 atom stereocenters. The minimum atomic E-state index is 0.154. The number of rotatable bonds is 5. The number of nitrogens with one attached hydrogen (secondary N) is 1. The lowest BCUT2D eigenvalue weighted by Gasteiger charge is -2.20. The van der Waals surface area contributed by atoms with Crippen molar-refractivity contribution in [2.24, 2.45) is 0 Å². The Bertz CT molecular complexity index is 904.